The lowest BCUT2D eigenvalue weighted by atomic mass is 9.83. The highest BCUT2D eigenvalue weighted by Crippen LogP contribution is 2.35. The lowest BCUT2D eigenvalue weighted by molar-refractivity contribution is -0.140. The monoisotopic (exact) mass is 230 g/mol. The maximum atomic E-state index is 10.7. The first-order chi connectivity index (χ1) is 6.99. The molecule has 0 aromatic rings. The summed E-state index contributed by atoms with van der Waals surface area (Å²) in [5.41, 5.74) is 0. The Bertz CT molecular complexity index is 208. The number of carboxylic acid groups (broad SMARTS) is 1. The van der Waals surface area contributed by atoms with Gasteiger partial charge in [0, 0.05) is 11.0 Å². The highest BCUT2D eigenvalue weighted by atomic mass is 32.2. The fraction of sp³-hybridized carbons (Fsp3) is 0.917. The van der Waals surface area contributed by atoms with Crippen LogP contribution in [0.5, 0.6) is 0 Å². The number of hydrogen-bond acceptors (Lipinski definition) is 2. The molecule has 15 heavy (non-hydrogen) atoms. The summed E-state index contributed by atoms with van der Waals surface area (Å²) in [6.07, 6.45) is 3.87. The molecule has 3 heteroatoms. The van der Waals surface area contributed by atoms with Crippen molar-refractivity contribution in [1.29, 1.82) is 0 Å². The summed E-state index contributed by atoms with van der Waals surface area (Å²) in [7, 11) is 0. The Kier molecular flexibility index (Phi) is 4.97. The van der Waals surface area contributed by atoms with E-state index in [9.17, 15) is 4.79 Å². The van der Waals surface area contributed by atoms with Crippen molar-refractivity contribution in [2.45, 2.75) is 45.3 Å². The third-order valence-corrected chi connectivity index (χ3v) is 4.69. The van der Waals surface area contributed by atoms with Crippen LogP contribution < -0.4 is 0 Å². The van der Waals surface area contributed by atoms with Crippen molar-refractivity contribution < 1.29 is 9.90 Å². The lowest BCUT2D eigenvalue weighted by Crippen LogP contribution is -2.23. The van der Waals surface area contributed by atoms with Crippen LogP contribution in [0.4, 0.5) is 0 Å². The molecule has 0 spiro atoms. The Morgan fingerprint density at radius 1 is 1.33 bits per heavy atom. The lowest BCUT2D eigenvalue weighted by Gasteiger charge is -2.31. The van der Waals surface area contributed by atoms with E-state index in [1.165, 1.54) is 19.3 Å². The van der Waals surface area contributed by atoms with E-state index in [4.69, 9.17) is 5.11 Å². The van der Waals surface area contributed by atoms with Crippen LogP contribution in [-0.2, 0) is 4.79 Å². The van der Waals surface area contributed by atoms with E-state index in [-0.39, 0.29) is 5.92 Å². The molecule has 3 atom stereocenters. The van der Waals surface area contributed by atoms with Gasteiger partial charge in [-0.25, -0.2) is 0 Å². The van der Waals surface area contributed by atoms with Gasteiger partial charge >= 0.3 is 5.97 Å². The highest BCUT2D eigenvalue weighted by Gasteiger charge is 2.25. The first-order valence-corrected chi connectivity index (χ1v) is 6.88. The van der Waals surface area contributed by atoms with Crippen LogP contribution in [0.3, 0.4) is 0 Å². The van der Waals surface area contributed by atoms with Crippen molar-refractivity contribution in [3.8, 4) is 0 Å². The van der Waals surface area contributed by atoms with Crippen molar-refractivity contribution >= 4 is 17.7 Å². The average molecular weight is 230 g/mol. The molecule has 1 saturated carbocycles. The Labute approximate surface area is 96.8 Å². The molecule has 1 aliphatic rings. The molecular weight excluding hydrogens is 208 g/mol. The van der Waals surface area contributed by atoms with E-state index in [1.54, 1.807) is 6.92 Å². The number of hydrogen-bond donors (Lipinski definition) is 1. The van der Waals surface area contributed by atoms with Crippen molar-refractivity contribution in [2.24, 2.45) is 17.8 Å². The summed E-state index contributed by atoms with van der Waals surface area (Å²) >= 11 is 1.86. The van der Waals surface area contributed by atoms with Crippen molar-refractivity contribution in [1.82, 2.24) is 0 Å². The smallest absolute Gasteiger partial charge is 0.307 e. The van der Waals surface area contributed by atoms with Gasteiger partial charge in [-0.15, -0.1) is 0 Å². The van der Waals surface area contributed by atoms with Gasteiger partial charge in [0.25, 0.3) is 0 Å². The fourth-order valence-corrected chi connectivity index (χ4v) is 3.99. The van der Waals surface area contributed by atoms with E-state index in [0.29, 0.717) is 5.25 Å². The molecule has 0 aliphatic heterocycles. The summed E-state index contributed by atoms with van der Waals surface area (Å²) in [5, 5.41) is 9.49. The first-order valence-electron chi connectivity index (χ1n) is 5.83. The van der Waals surface area contributed by atoms with Gasteiger partial charge in [-0.05, 0) is 31.1 Å². The van der Waals surface area contributed by atoms with E-state index in [0.717, 1.165) is 17.6 Å². The predicted octanol–water partition coefficient (Wildman–Crippen LogP) is 3.27. The molecule has 1 aliphatic carbocycles. The molecule has 1 fully saturated rings. The Morgan fingerprint density at radius 3 is 2.33 bits per heavy atom. The molecule has 0 saturated heterocycles. The summed E-state index contributed by atoms with van der Waals surface area (Å²) < 4.78 is 0. The molecule has 0 amide bonds. The minimum Gasteiger partial charge on any atom is -0.481 e. The predicted molar refractivity (Wildman–Crippen MR) is 65.2 cm³/mol. The van der Waals surface area contributed by atoms with Gasteiger partial charge in [0.05, 0.1) is 5.92 Å². The largest absolute Gasteiger partial charge is 0.481 e. The summed E-state index contributed by atoms with van der Waals surface area (Å²) in [6.45, 7) is 6.42. The van der Waals surface area contributed by atoms with Crippen LogP contribution in [0.15, 0.2) is 0 Å². The van der Waals surface area contributed by atoms with Crippen molar-refractivity contribution in [2.75, 3.05) is 5.75 Å². The molecule has 1 rings (SSSR count). The van der Waals surface area contributed by atoms with Gasteiger partial charge < -0.3 is 5.11 Å². The molecular formula is C12H22O2S. The second kappa shape index (κ2) is 5.78. The molecule has 1 N–H and O–H groups in total. The van der Waals surface area contributed by atoms with E-state index in [2.05, 4.69) is 13.8 Å². The molecule has 0 aromatic heterocycles. The standard InChI is InChI=1S/C12H22O2S/c1-8-4-9(2)6-11(5-8)15-7-10(3)12(13)14/h8-11H,4-7H2,1-3H3,(H,13,14). The number of carbonyl (C=O) groups is 1. The second-order valence-corrected chi connectivity index (χ2v) is 6.45. The van der Waals surface area contributed by atoms with Crippen molar-refractivity contribution in [3.63, 3.8) is 0 Å². The SMILES string of the molecule is CC1CC(C)CC(SCC(C)C(=O)O)C1. The van der Waals surface area contributed by atoms with Crippen LogP contribution in [-0.4, -0.2) is 22.1 Å². The zero-order chi connectivity index (χ0) is 11.4. The Morgan fingerprint density at radius 2 is 1.87 bits per heavy atom. The molecule has 88 valence electrons. The normalized spacial score (nSPS) is 33.7. The third-order valence-electron chi connectivity index (χ3n) is 3.14. The highest BCUT2D eigenvalue weighted by molar-refractivity contribution is 7.99. The third kappa shape index (κ3) is 4.45. The maximum Gasteiger partial charge on any atom is 0.307 e. The van der Waals surface area contributed by atoms with Gasteiger partial charge in [0.2, 0.25) is 0 Å². The van der Waals surface area contributed by atoms with Gasteiger partial charge in [0.1, 0.15) is 0 Å². The van der Waals surface area contributed by atoms with Gasteiger partial charge in [-0.3, -0.25) is 4.79 Å². The van der Waals surface area contributed by atoms with Crippen LogP contribution in [0.1, 0.15) is 40.0 Å². The zero-order valence-corrected chi connectivity index (χ0v) is 10.7. The average Bonchev–Trinajstić information content (AvgIpc) is 2.12. The topological polar surface area (TPSA) is 37.3 Å². The van der Waals surface area contributed by atoms with E-state index >= 15 is 0 Å². The van der Waals surface area contributed by atoms with Crippen LogP contribution >= 0.6 is 11.8 Å². The van der Waals surface area contributed by atoms with E-state index in [1.807, 2.05) is 11.8 Å². The summed E-state index contributed by atoms with van der Waals surface area (Å²) in [5.74, 6) is 1.51. The van der Waals surface area contributed by atoms with Crippen LogP contribution in [0.2, 0.25) is 0 Å². The minimum absolute atomic E-state index is 0.206. The molecule has 2 nitrogen and oxygen atoms in total. The second-order valence-electron chi connectivity index (χ2n) is 5.11. The van der Waals surface area contributed by atoms with Gasteiger partial charge in [0.15, 0.2) is 0 Å². The number of thioether (sulfide) groups is 1. The molecule has 0 radical (unpaired) electrons. The molecule has 3 unspecified atom stereocenters. The summed E-state index contributed by atoms with van der Waals surface area (Å²) in [6, 6.07) is 0. The Balaban J connectivity index is 2.29. The van der Waals surface area contributed by atoms with E-state index < -0.39 is 5.97 Å². The molecule has 0 bridgehead atoms. The minimum atomic E-state index is -0.667. The number of aliphatic carboxylic acids is 1. The van der Waals surface area contributed by atoms with Gasteiger partial charge in [-0.2, -0.15) is 11.8 Å². The fourth-order valence-electron chi connectivity index (χ4n) is 2.36. The van der Waals surface area contributed by atoms with Gasteiger partial charge in [-0.1, -0.05) is 20.8 Å². The molecule has 0 aromatic carbocycles. The van der Waals surface area contributed by atoms with Crippen LogP contribution in [0.25, 0.3) is 0 Å². The quantitative estimate of drug-likeness (QED) is 0.805. The van der Waals surface area contributed by atoms with Crippen molar-refractivity contribution in [3.05, 3.63) is 0 Å². The maximum absolute atomic E-state index is 10.7. The first kappa shape index (κ1) is 12.9. The number of carboxylic acids is 1. The molecule has 0 heterocycles. The Hall–Kier alpha value is -0.180. The summed E-state index contributed by atoms with van der Waals surface area (Å²) in [4.78, 5) is 10.7. The van der Waals surface area contributed by atoms with Crippen LogP contribution in [0, 0.1) is 17.8 Å². The number of rotatable bonds is 4. The zero-order valence-electron chi connectivity index (χ0n) is 9.90.